The molecule has 0 aliphatic carbocycles. The molecule has 158 valence electrons. The van der Waals surface area contributed by atoms with Gasteiger partial charge in [-0.15, -0.1) is 24.0 Å². The van der Waals surface area contributed by atoms with E-state index in [1.54, 1.807) is 7.05 Å². The SMILES string of the molecule is CN=C(NCc1ccc(N2CCCC2=O)cc1)NCC(C)c1c(C)noc1C.I. The lowest BCUT2D eigenvalue weighted by atomic mass is 10.00. The van der Waals surface area contributed by atoms with Crippen LogP contribution in [0.2, 0.25) is 0 Å². The summed E-state index contributed by atoms with van der Waals surface area (Å²) in [6.07, 6.45) is 1.59. The first kappa shape index (κ1) is 23.2. The number of aliphatic imine (C=N–C) groups is 1. The van der Waals surface area contributed by atoms with Gasteiger partial charge in [0.2, 0.25) is 5.91 Å². The summed E-state index contributed by atoms with van der Waals surface area (Å²) in [4.78, 5) is 18.0. The Morgan fingerprint density at radius 2 is 2.00 bits per heavy atom. The van der Waals surface area contributed by atoms with Gasteiger partial charge in [0.05, 0.1) is 5.69 Å². The van der Waals surface area contributed by atoms with Gasteiger partial charge in [0, 0.05) is 50.3 Å². The van der Waals surface area contributed by atoms with E-state index >= 15 is 0 Å². The van der Waals surface area contributed by atoms with E-state index in [0.717, 1.165) is 53.7 Å². The third-order valence-corrected chi connectivity index (χ3v) is 5.16. The Morgan fingerprint density at radius 1 is 1.28 bits per heavy atom. The number of hydrogen-bond acceptors (Lipinski definition) is 4. The monoisotopic (exact) mass is 511 g/mol. The lowest BCUT2D eigenvalue weighted by Crippen LogP contribution is -2.38. The third kappa shape index (κ3) is 5.71. The second-order valence-electron chi connectivity index (χ2n) is 7.26. The first-order chi connectivity index (χ1) is 13.5. The molecule has 8 heteroatoms. The number of hydrogen-bond donors (Lipinski definition) is 2. The molecule has 1 fully saturated rings. The van der Waals surface area contributed by atoms with Gasteiger partial charge >= 0.3 is 0 Å². The van der Waals surface area contributed by atoms with E-state index in [9.17, 15) is 4.79 Å². The maximum Gasteiger partial charge on any atom is 0.227 e. The number of rotatable bonds is 6. The van der Waals surface area contributed by atoms with Crippen molar-refractivity contribution in [1.82, 2.24) is 15.8 Å². The smallest absolute Gasteiger partial charge is 0.227 e. The van der Waals surface area contributed by atoms with Crippen LogP contribution in [-0.2, 0) is 11.3 Å². The van der Waals surface area contributed by atoms with E-state index in [2.05, 4.69) is 27.7 Å². The van der Waals surface area contributed by atoms with Gasteiger partial charge in [-0.1, -0.05) is 24.2 Å². The van der Waals surface area contributed by atoms with Gasteiger partial charge in [-0.3, -0.25) is 9.79 Å². The number of carbonyl (C=O) groups is 1. The fourth-order valence-electron chi connectivity index (χ4n) is 3.67. The van der Waals surface area contributed by atoms with Crippen LogP contribution in [0, 0.1) is 13.8 Å². The number of amides is 1. The quantitative estimate of drug-likeness (QED) is 0.353. The van der Waals surface area contributed by atoms with Crippen LogP contribution in [0.5, 0.6) is 0 Å². The van der Waals surface area contributed by atoms with Crippen LogP contribution >= 0.6 is 24.0 Å². The summed E-state index contributed by atoms with van der Waals surface area (Å²) < 4.78 is 5.26. The minimum absolute atomic E-state index is 0. The second-order valence-corrected chi connectivity index (χ2v) is 7.26. The zero-order valence-electron chi connectivity index (χ0n) is 17.5. The lowest BCUT2D eigenvalue weighted by molar-refractivity contribution is -0.117. The van der Waals surface area contributed by atoms with Crippen molar-refractivity contribution >= 4 is 41.5 Å². The van der Waals surface area contributed by atoms with Crippen molar-refractivity contribution < 1.29 is 9.32 Å². The minimum atomic E-state index is 0. The van der Waals surface area contributed by atoms with Crippen LogP contribution in [-0.4, -0.2) is 37.2 Å². The summed E-state index contributed by atoms with van der Waals surface area (Å²) in [7, 11) is 1.76. The summed E-state index contributed by atoms with van der Waals surface area (Å²) in [5.41, 5.74) is 4.19. The first-order valence-corrected chi connectivity index (χ1v) is 9.76. The summed E-state index contributed by atoms with van der Waals surface area (Å²) in [5.74, 6) is 2.09. The number of guanidine groups is 1. The Morgan fingerprint density at radius 3 is 2.55 bits per heavy atom. The highest BCUT2D eigenvalue weighted by Gasteiger charge is 2.21. The Bertz CT molecular complexity index is 828. The van der Waals surface area contributed by atoms with Crippen molar-refractivity contribution in [2.75, 3.05) is 25.0 Å². The number of nitrogens with zero attached hydrogens (tertiary/aromatic N) is 3. The van der Waals surface area contributed by atoms with E-state index in [0.29, 0.717) is 13.0 Å². The van der Waals surface area contributed by atoms with Crippen molar-refractivity contribution in [3.05, 3.63) is 46.8 Å². The zero-order valence-corrected chi connectivity index (χ0v) is 19.8. The number of aryl methyl sites for hydroxylation is 2. The molecule has 1 aromatic carbocycles. The maximum absolute atomic E-state index is 11.8. The highest BCUT2D eigenvalue weighted by molar-refractivity contribution is 14.0. The van der Waals surface area contributed by atoms with Gasteiger partial charge in [0.25, 0.3) is 0 Å². The summed E-state index contributed by atoms with van der Waals surface area (Å²) in [5, 5.41) is 10.7. The Labute approximate surface area is 189 Å². The molecule has 0 radical (unpaired) electrons. The van der Waals surface area contributed by atoms with Gasteiger partial charge in [-0.2, -0.15) is 0 Å². The van der Waals surface area contributed by atoms with Crippen LogP contribution in [0.1, 0.15) is 48.3 Å². The minimum Gasteiger partial charge on any atom is -0.361 e. The molecule has 7 nitrogen and oxygen atoms in total. The van der Waals surface area contributed by atoms with E-state index in [-0.39, 0.29) is 35.8 Å². The molecule has 1 aliphatic heterocycles. The summed E-state index contributed by atoms with van der Waals surface area (Å²) >= 11 is 0. The predicted molar refractivity (Wildman–Crippen MR) is 126 cm³/mol. The van der Waals surface area contributed by atoms with Crippen LogP contribution < -0.4 is 15.5 Å². The Kier molecular flexibility index (Phi) is 8.48. The Balaban J connectivity index is 0.00000300. The molecular weight excluding hydrogens is 481 g/mol. The second kappa shape index (κ2) is 10.6. The number of benzene rings is 1. The highest BCUT2D eigenvalue weighted by Crippen LogP contribution is 2.23. The predicted octanol–water partition coefficient (Wildman–Crippen LogP) is 3.50. The lowest BCUT2D eigenvalue weighted by Gasteiger charge is -2.17. The van der Waals surface area contributed by atoms with Crippen LogP contribution in [0.15, 0.2) is 33.8 Å². The van der Waals surface area contributed by atoms with Crippen molar-refractivity contribution in [2.24, 2.45) is 4.99 Å². The molecule has 1 aromatic heterocycles. The molecule has 1 aliphatic rings. The number of halogens is 1. The summed E-state index contributed by atoms with van der Waals surface area (Å²) in [6, 6.07) is 8.12. The molecular formula is C21H30IN5O2. The molecule has 1 saturated heterocycles. The molecule has 0 spiro atoms. The normalized spacial score (nSPS) is 15.2. The molecule has 1 amide bonds. The maximum atomic E-state index is 11.8. The highest BCUT2D eigenvalue weighted by atomic mass is 127. The fraction of sp³-hybridized carbons (Fsp3) is 0.476. The molecule has 2 N–H and O–H groups in total. The molecule has 0 bridgehead atoms. The average molecular weight is 511 g/mol. The molecule has 3 rings (SSSR count). The van der Waals surface area contributed by atoms with Crippen molar-refractivity contribution in [3.8, 4) is 0 Å². The van der Waals surface area contributed by atoms with E-state index in [1.165, 1.54) is 0 Å². The molecule has 29 heavy (non-hydrogen) atoms. The van der Waals surface area contributed by atoms with Gasteiger partial charge < -0.3 is 20.1 Å². The number of anilines is 1. The largest absolute Gasteiger partial charge is 0.361 e. The number of carbonyl (C=O) groups excluding carboxylic acids is 1. The van der Waals surface area contributed by atoms with Gasteiger partial charge in [0.1, 0.15) is 5.76 Å². The van der Waals surface area contributed by atoms with Gasteiger partial charge in [0.15, 0.2) is 5.96 Å². The Hall–Kier alpha value is -2.10. The number of aromatic nitrogens is 1. The van der Waals surface area contributed by atoms with E-state index < -0.39 is 0 Å². The van der Waals surface area contributed by atoms with E-state index in [1.807, 2.05) is 43.0 Å². The van der Waals surface area contributed by atoms with E-state index in [4.69, 9.17) is 4.52 Å². The van der Waals surface area contributed by atoms with Gasteiger partial charge in [-0.05, 0) is 38.0 Å². The number of nitrogens with one attached hydrogen (secondary N) is 2. The summed E-state index contributed by atoms with van der Waals surface area (Å²) in [6.45, 7) is 8.26. The average Bonchev–Trinajstić information content (AvgIpc) is 3.27. The van der Waals surface area contributed by atoms with Crippen LogP contribution in [0.3, 0.4) is 0 Å². The van der Waals surface area contributed by atoms with Gasteiger partial charge in [-0.25, -0.2) is 0 Å². The zero-order chi connectivity index (χ0) is 20.1. The molecule has 0 saturated carbocycles. The molecule has 2 aromatic rings. The van der Waals surface area contributed by atoms with Crippen molar-refractivity contribution in [2.45, 2.75) is 46.1 Å². The molecule has 2 heterocycles. The van der Waals surface area contributed by atoms with Crippen molar-refractivity contribution in [3.63, 3.8) is 0 Å². The topological polar surface area (TPSA) is 82.8 Å². The fourth-order valence-corrected chi connectivity index (χ4v) is 3.67. The molecule has 1 atom stereocenters. The van der Waals surface area contributed by atoms with Crippen LogP contribution in [0.25, 0.3) is 0 Å². The van der Waals surface area contributed by atoms with Crippen LogP contribution in [0.4, 0.5) is 5.69 Å². The standard InChI is InChI=1S/C21H29N5O2.HI/c1-14(20-15(2)25-28-16(20)3)12-23-21(22-4)24-13-17-7-9-18(10-8-17)26-11-5-6-19(26)27;/h7-10,14H,5-6,11-13H2,1-4H3,(H2,22,23,24);1H. The third-order valence-electron chi connectivity index (χ3n) is 5.16. The molecule has 1 unspecified atom stereocenters. The first-order valence-electron chi connectivity index (χ1n) is 9.76. The van der Waals surface area contributed by atoms with Crippen molar-refractivity contribution in [1.29, 1.82) is 0 Å².